The molecule has 62 valence electrons. The Morgan fingerprint density at radius 2 is 2.25 bits per heavy atom. The van der Waals surface area contributed by atoms with Crippen molar-refractivity contribution in [2.75, 3.05) is 5.73 Å². The van der Waals surface area contributed by atoms with Gasteiger partial charge >= 0.3 is 0 Å². The average Bonchev–Trinajstić information content (AvgIpc) is 2.42. The number of nitrogens with two attached hydrogens (primary N) is 1. The lowest BCUT2D eigenvalue weighted by Crippen LogP contribution is -1.86. The van der Waals surface area contributed by atoms with Crippen molar-refractivity contribution in [2.24, 2.45) is 0 Å². The summed E-state index contributed by atoms with van der Waals surface area (Å²) < 4.78 is 0. The van der Waals surface area contributed by atoms with E-state index in [0.29, 0.717) is 10.7 Å². The SMILES string of the molecule is Cc1[nH]nc2c(Cl)ccc(N)c12. The summed E-state index contributed by atoms with van der Waals surface area (Å²) >= 11 is 5.90. The topological polar surface area (TPSA) is 54.7 Å². The zero-order chi connectivity index (χ0) is 8.72. The van der Waals surface area contributed by atoms with Crippen molar-refractivity contribution >= 4 is 28.2 Å². The van der Waals surface area contributed by atoms with Gasteiger partial charge in [0.1, 0.15) is 5.52 Å². The average molecular weight is 182 g/mol. The van der Waals surface area contributed by atoms with Crippen molar-refractivity contribution in [3.63, 3.8) is 0 Å². The molecular weight excluding hydrogens is 174 g/mol. The monoisotopic (exact) mass is 181 g/mol. The Morgan fingerprint density at radius 1 is 1.50 bits per heavy atom. The smallest absolute Gasteiger partial charge is 0.113 e. The second-order valence-corrected chi connectivity index (χ2v) is 3.12. The van der Waals surface area contributed by atoms with Crippen LogP contribution in [0, 0.1) is 6.92 Å². The maximum Gasteiger partial charge on any atom is 0.113 e. The lowest BCUT2D eigenvalue weighted by atomic mass is 10.2. The van der Waals surface area contributed by atoms with Crippen molar-refractivity contribution in [3.8, 4) is 0 Å². The molecule has 1 aromatic carbocycles. The number of anilines is 1. The molecule has 0 amide bonds. The Labute approximate surface area is 74.5 Å². The van der Waals surface area contributed by atoms with Crippen molar-refractivity contribution in [1.29, 1.82) is 0 Å². The highest BCUT2D eigenvalue weighted by Crippen LogP contribution is 2.28. The predicted molar refractivity (Wildman–Crippen MR) is 50.3 cm³/mol. The summed E-state index contributed by atoms with van der Waals surface area (Å²) in [5, 5.41) is 8.43. The highest BCUT2D eigenvalue weighted by atomic mass is 35.5. The van der Waals surface area contributed by atoms with Gasteiger partial charge in [-0.25, -0.2) is 0 Å². The number of aryl methyl sites for hydroxylation is 1. The zero-order valence-electron chi connectivity index (χ0n) is 6.56. The maximum atomic E-state index is 5.90. The Balaban J connectivity index is 2.98. The Bertz CT molecular complexity index is 433. The number of nitrogens with one attached hydrogen (secondary N) is 1. The molecule has 4 heteroatoms. The van der Waals surface area contributed by atoms with Gasteiger partial charge in [0, 0.05) is 16.8 Å². The van der Waals surface area contributed by atoms with E-state index >= 15 is 0 Å². The van der Waals surface area contributed by atoms with Gasteiger partial charge in [0.05, 0.1) is 5.02 Å². The van der Waals surface area contributed by atoms with Crippen LogP contribution in [0.4, 0.5) is 5.69 Å². The zero-order valence-corrected chi connectivity index (χ0v) is 7.31. The largest absolute Gasteiger partial charge is 0.398 e. The Kier molecular flexibility index (Phi) is 1.48. The molecule has 0 bridgehead atoms. The molecule has 1 aromatic heterocycles. The normalized spacial score (nSPS) is 10.8. The van der Waals surface area contributed by atoms with Crippen LogP contribution < -0.4 is 5.73 Å². The summed E-state index contributed by atoms with van der Waals surface area (Å²) in [5.41, 5.74) is 8.15. The number of hydrogen-bond acceptors (Lipinski definition) is 2. The summed E-state index contributed by atoms with van der Waals surface area (Å²) in [7, 11) is 0. The van der Waals surface area contributed by atoms with Crippen molar-refractivity contribution in [1.82, 2.24) is 10.2 Å². The van der Waals surface area contributed by atoms with Gasteiger partial charge in [0.15, 0.2) is 0 Å². The number of aromatic amines is 1. The first-order valence-electron chi connectivity index (χ1n) is 3.59. The summed E-state index contributed by atoms with van der Waals surface area (Å²) in [6.45, 7) is 1.92. The number of nitrogens with zero attached hydrogens (tertiary/aromatic N) is 1. The first kappa shape index (κ1) is 7.43. The van der Waals surface area contributed by atoms with E-state index in [1.54, 1.807) is 12.1 Å². The summed E-state index contributed by atoms with van der Waals surface area (Å²) in [5.74, 6) is 0. The molecule has 0 fully saturated rings. The van der Waals surface area contributed by atoms with Crippen LogP contribution in [0.15, 0.2) is 12.1 Å². The first-order chi connectivity index (χ1) is 5.70. The molecule has 0 spiro atoms. The molecule has 0 aliphatic carbocycles. The molecule has 3 N–H and O–H groups in total. The second-order valence-electron chi connectivity index (χ2n) is 2.71. The third-order valence-electron chi connectivity index (χ3n) is 1.87. The molecular formula is C8H8ClN3. The van der Waals surface area contributed by atoms with E-state index in [1.165, 1.54) is 0 Å². The van der Waals surface area contributed by atoms with Gasteiger partial charge in [-0.3, -0.25) is 5.10 Å². The fourth-order valence-electron chi connectivity index (χ4n) is 1.28. The number of H-pyrrole nitrogens is 1. The van der Waals surface area contributed by atoms with Gasteiger partial charge in [-0.15, -0.1) is 0 Å². The number of fused-ring (bicyclic) bond motifs is 1. The quantitative estimate of drug-likeness (QED) is 0.612. The van der Waals surface area contributed by atoms with Crippen molar-refractivity contribution in [3.05, 3.63) is 22.8 Å². The van der Waals surface area contributed by atoms with Crippen LogP contribution in [-0.2, 0) is 0 Å². The number of halogens is 1. The van der Waals surface area contributed by atoms with Crippen molar-refractivity contribution < 1.29 is 0 Å². The number of hydrogen-bond donors (Lipinski definition) is 2. The number of aromatic nitrogens is 2. The van der Waals surface area contributed by atoms with Crippen LogP contribution in [0.2, 0.25) is 5.02 Å². The van der Waals surface area contributed by atoms with Gasteiger partial charge in [-0.05, 0) is 19.1 Å². The molecule has 0 atom stereocenters. The van der Waals surface area contributed by atoms with E-state index in [4.69, 9.17) is 17.3 Å². The standard InChI is InChI=1S/C8H8ClN3/c1-4-7-6(10)3-2-5(9)8(7)12-11-4/h2-3H,10H2,1H3,(H,11,12). The molecule has 2 aromatic rings. The molecule has 0 unspecified atom stereocenters. The second kappa shape index (κ2) is 2.38. The lowest BCUT2D eigenvalue weighted by molar-refractivity contribution is 1.07. The van der Waals surface area contributed by atoms with E-state index in [9.17, 15) is 0 Å². The van der Waals surface area contributed by atoms with Crippen LogP contribution >= 0.6 is 11.6 Å². The number of benzene rings is 1. The minimum atomic E-state index is 0.628. The molecule has 0 radical (unpaired) electrons. The third-order valence-corrected chi connectivity index (χ3v) is 2.18. The van der Waals surface area contributed by atoms with Crippen LogP contribution in [0.1, 0.15) is 5.69 Å². The van der Waals surface area contributed by atoms with Crippen LogP contribution in [0.5, 0.6) is 0 Å². The summed E-state index contributed by atoms with van der Waals surface area (Å²) in [6, 6.07) is 3.53. The first-order valence-corrected chi connectivity index (χ1v) is 3.96. The predicted octanol–water partition coefficient (Wildman–Crippen LogP) is 2.11. The van der Waals surface area contributed by atoms with Gasteiger partial charge in [0.2, 0.25) is 0 Å². The summed E-state index contributed by atoms with van der Waals surface area (Å²) in [4.78, 5) is 0. The van der Waals surface area contributed by atoms with E-state index in [1.807, 2.05) is 6.92 Å². The fourth-order valence-corrected chi connectivity index (χ4v) is 1.48. The lowest BCUT2D eigenvalue weighted by Gasteiger charge is -1.96. The van der Waals surface area contributed by atoms with Crippen LogP contribution in [0.25, 0.3) is 10.9 Å². The van der Waals surface area contributed by atoms with Gasteiger partial charge in [-0.1, -0.05) is 11.6 Å². The van der Waals surface area contributed by atoms with Crippen molar-refractivity contribution in [2.45, 2.75) is 6.92 Å². The van der Waals surface area contributed by atoms with Gasteiger partial charge < -0.3 is 5.73 Å². The van der Waals surface area contributed by atoms with E-state index in [-0.39, 0.29) is 0 Å². The van der Waals surface area contributed by atoms with E-state index in [0.717, 1.165) is 16.6 Å². The van der Waals surface area contributed by atoms with Gasteiger partial charge in [-0.2, -0.15) is 5.10 Å². The number of nitrogen functional groups attached to an aromatic ring is 1. The highest BCUT2D eigenvalue weighted by molar-refractivity contribution is 6.35. The Morgan fingerprint density at radius 3 is 2.92 bits per heavy atom. The fraction of sp³-hybridized carbons (Fsp3) is 0.125. The molecule has 0 saturated carbocycles. The maximum absolute atomic E-state index is 5.90. The van der Waals surface area contributed by atoms with E-state index in [2.05, 4.69) is 10.2 Å². The Hall–Kier alpha value is -1.22. The third kappa shape index (κ3) is 0.865. The minimum Gasteiger partial charge on any atom is -0.398 e. The molecule has 0 aliphatic rings. The summed E-state index contributed by atoms with van der Waals surface area (Å²) in [6.07, 6.45) is 0. The molecule has 0 saturated heterocycles. The molecule has 2 rings (SSSR count). The minimum absolute atomic E-state index is 0.628. The highest BCUT2D eigenvalue weighted by Gasteiger charge is 2.07. The van der Waals surface area contributed by atoms with E-state index < -0.39 is 0 Å². The van der Waals surface area contributed by atoms with Crippen LogP contribution in [-0.4, -0.2) is 10.2 Å². The molecule has 3 nitrogen and oxygen atoms in total. The number of rotatable bonds is 0. The van der Waals surface area contributed by atoms with Gasteiger partial charge in [0.25, 0.3) is 0 Å². The van der Waals surface area contributed by atoms with Crippen LogP contribution in [0.3, 0.4) is 0 Å². The molecule has 1 heterocycles. The molecule has 0 aliphatic heterocycles. The molecule has 12 heavy (non-hydrogen) atoms.